The van der Waals surface area contributed by atoms with Crippen LogP contribution in [0.4, 0.5) is 10.1 Å². The van der Waals surface area contributed by atoms with E-state index in [9.17, 15) is 22.7 Å². The van der Waals surface area contributed by atoms with Gasteiger partial charge in [-0.15, -0.1) is 0 Å². The third-order valence-corrected chi connectivity index (χ3v) is 5.28. The molecule has 0 aliphatic rings. The normalized spacial score (nSPS) is 12.7. The molecule has 23 heavy (non-hydrogen) atoms. The van der Waals surface area contributed by atoms with Crippen molar-refractivity contribution in [2.75, 3.05) is 4.31 Å². The number of carboxylic acid groups (broad SMARTS) is 1. The number of anilines is 1. The predicted octanol–water partition coefficient (Wildman–Crippen LogP) is 2.80. The summed E-state index contributed by atoms with van der Waals surface area (Å²) >= 11 is 0. The van der Waals surface area contributed by atoms with Crippen LogP contribution in [-0.2, 0) is 14.8 Å². The van der Waals surface area contributed by atoms with Gasteiger partial charge in [0.2, 0.25) is 0 Å². The highest BCUT2D eigenvalue weighted by Crippen LogP contribution is 2.26. The van der Waals surface area contributed by atoms with Crippen molar-refractivity contribution in [1.82, 2.24) is 0 Å². The van der Waals surface area contributed by atoms with E-state index in [1.54, 1.807) is 12.1 Å². The largest absolute Gasteiger partial charge is 0.480 e. The van der Waals surface area contributed by atoms with Gasteiger partial charge in [0.05, 0.1) is 10.6 Å². The Labute approximate surface area is 134 Å². The molecular formula is C16H16FNO4S. The van der Waals surface area contributed by atoms with Crippen molar-refractivity contribution in [3.8, 4) is 0 Å². The molecule has 0 saturated carbocycles. The van der Waals surface area contributed by atoms with E-state index < -0.39 is 27.9 Å². The number of sulfonamides is 1. The van der Waals surface area contributed by atoms with Crippen LogP contribution in [0.2, 0.25) is 0 Å². The van der Waals surface area contributed by atoms with E-state index in [0.717, 1.165) is 22.0 Å². The van der Waals surface area contributed by atoms with Crippen molar-refractivity contribution in [1.29, 1.82) is 0 Å². The number of halogens is 1. The minimum atomic E-state index is -4.10. The minimum Gasteiger partial charge on any atom is -0.480 e. The molecule has 5 nitrogen and oxygen atoms in total. The second-order valence-corrected chi connectivity index (χ2v) is 6.92. The van der Waals surface area contributed by atoms with Gasteiger partial charge in [0.25, 0.3) is 10.0 Å². The number of aliphatic carboxylic acids is 1. The van der Waals surface area contributed by atoms with E-state index in [1.165, 1.54) is 31.2 Å². The van der Waals surface area contributed by atoms with Crippen molar-refractivity contribution in [3.05, 3.63) is 59.9 Å². The second-order valence-electron chi connectivity index (χ2n) is 5.10. The molecule has 2 aromatic carbocycles. The summed E-state index contributed by atoms with van der Waals surface area (Å²) in [7, 11) is -4.10. The van der Waals surface area contributed by atoms with Crippen molar-refractivity contribution in [2.45, 2.75) is 24.8 Å². The summed E-state index contributed by atoms with van der Waals surface area (Å²) in [6, 6.07) is 9.38. The van der Waals surface area contributed by atoms with Crippen molar-refractivity contribution in [3.63, 3.8) is 0 Å². The first-order valence-electron chi connectivity index (χ1n) is 6.83. The SMILES string of the molecule is Cc1ccc(S(=O)(=O)N(c2ccc(F)cc2)[C@H](C)C(=O)O)cc1. The topological polar surface area (TPSA) is 74.7 Å². The average Bonchev–Trinajstić information content (AvgIpc) is 2.49. The molecule has 0 aliphatic heterocycles. The summed E-state index contributed by atoms with van der Waals surface area (Å²) < 4.78 is 39.6. The zero-order chi connectivity index (χ0) is 17.2. The smallest absolute Gasteiger partial charge is 0.327 e. The van der Waals surface area contributed by atoms with E-state index in [4.69, 9.17) is 0 Å². The lowest BCUT2D eigenvalue weighted by atomic mass is 10.2. The third-order valence-electron chi connectivity index (χ3n) is 3.37. The van der Waals surface area contributed by atoms with Gasteiger partial charge in [-0.2, -0.15) is 0 Å². The van der Waals surface area contributed by atoms with Gasteiger partial charge in [0.15, 0.2) is 0 Å². The Morgan fingerprint density at radius 3 is 2.09 bits per heavy atom. The average molecular weight is 337 g/mol. The van der Waals surface area contributed by atoms with Crippen LogP contribution in [0.3, 0.4) is 0 Å². The molecule has 7 heteroatoms. The van der Waals surface area contributed by atoms with Crippen molar-refractivity contribution in [2.24, 2.45) is 0 Å². The first-order chi connectivity index (χ1) is 10.7. The summed E-state index contributed by atoms with van der Waals surface area (Å²) in [5.74, 6) is -1.84. The Morgan fingerprint density at radius 1 is 1.09 bits per heavy atom. The number of aryl methyl sites for hydroxylation is 1. The van der Waals surface area contributed by atoms with E-state index in [2.05, 4.69) is 0 Å². The van der Waals surface area contributed by atoms with Gasteiger partial charge in [0, 0.05) is 0 Å². The fourth-order valence-electron chi connectivity index (χ4n) is 2.08. The zero-order valence-electron chi connectivity index (χ0n) is 12.6. The van der Waals surface area contributed by atoms with E-state index in [0.29, 0.717) is 0 Å². The molecular weight excluding hydrogens is 321 g/mol. The fourth-order valence-corrected chi connectivity index (χ4v) is 3.70. The lowest BCUT2D eigenvalue weighted by Crippen LogP contribution is -2.43. The van der Waals surface area contributed by atoms with E-state index in [-0.39, 0.29) is 10.6 Å². The molecule has 0 amide bonds. The number of hydrogen-bond donors (Lipinski definition) is 1. The maximum atomic E-state index is 13.1. The molecule has 0 heterocycles. The predicted molar refractivity (Wildman–Crippen MR) is 84.3 cm³/mol. The van der Waals surface area contributed by atoms with E-state index in [1.807, 2.05) is 6.92 Å². The molecule has 2 aromatic rings. The standard InChI is InChI=1S/C16H16FNO4S/c1-11-3-9-15(10-4-11)23(21,22)18(12(2)16(19)20)14-7-5-13(17)6-8-14/h3-10,12H,1-2H3,(H,19,20)/t12-/m1/s1. The number of benzene rings is 2. The molecule has 0 saturated heterocycles. The van der Waals surface area contributed by atoms with Gasteiger partial charge in [-0.05, 0) is 50.2 Å². The summed E-state index contributed by atoms with van der Waals surface area (Å²) in [5, 5.41) is 9.24. The highest BCUT2D eigenvalue weighted by Gasteiger charge is 2.33. The van der Waals surface area contributed by atoms with Gasteiger partial charge >= 0.3 is 5.97 Å². The molecule has 2 rings (SSSR count). The lowest BCUT2D eigenvalue weighted by Gasteiger charge is -2.28. The molecule has 0 bridgehead atoms. The summed E-state index contributed by atoms with van der Waals surface area (Å²) in [5.41, 5.74) is 0.963. The van der Waals surface area contributed by atoms with Crippen LogP contribution in [0.5, 0.6) is 0 Å². The second kappa shape index (κ2) is 6.37. The van der Waals surface area contributed by atoms with Crippen molar-refractivity contribution >= 4 is 21.7 Å². The number of rotatable bonds is 5. The maximum Gasteiger partial charge on any atom is 0.327 e. The highest BCUT2D eigenvalue weighted by molar-refractivity contribution is 7.92. The van der Waals surface area contributed by atoms with Crippen LogP contribution >= 0.6 is 0 Å². The third kappa shape index (κ3) is 3.50. The van der Waals surface area contributed by atoms with Crippen LogP contribution in [0.15, 0.2) is 53.4 Å². The number of carbonyl (C=O) groups is 1. The van der Waals surface area contributed by atoms with Gasteiger partial charge in [-0.1, -0.05) is 17.7 Å². The van der Waals surface area contributed by atoms with Gasteiger partial charge in [-0.3, -0.25) is 4.31 Å². The first-order valence-corrected chi connectivity index (χ1v) is 8.27. The highest BCUT2D eigenvalue weighted by atomic mass is 32.2. The zero-order valence-corrected chi connectivity index (χ0v) is 13.4. The molecule has 0 unspecified atom stereocenters. The Hall–Kier alpha value is -2.41. The number of carboxylic acids is 1. The summed E-state index contributed by atoms with van der Waals surface area (Å²) in [6.07, 6.45) is 0. The van der Waals surface area contributed by atoms with Crippen LogP contribution in [0.1, 0.15) is 12.5 Å². The van der Waals surface area contributed by atoms with Gasteiger partial charge < -0.3 is 5.11 Å². The Balaban J connectivity index is 2.58. The van der Waals surface area contributed by atoms with Gasteiger partial charge in [-0.25, -0.2) is 17.6 Å². The fraction of sp³-hybridized carbons (Fsp3) is 0.188. The molecule has 0 spiro atoms. The molecule has 0 aliphatic carbocycles. The van der Waals surface area contributed by atoms with Crippen LogP contribution < -0.4 is 4.31 Å². The summed E-state index contributed by atoms with van der Waals surface area (Å²) in [6.45, 7) is 3.07. The summed E-state index contributed by atoms with van der Waals surface area (Å²) in [4.78, 5) is 11.3. The van der Waals surface area contributed by atoms with E-state index >= 15 is 0 Å². The van der Waals surface area contributed by atoms with Crippen LogP contribution in [-0.4, -0.2) is 25.5 Å². The Morgan fingerprint density at radius 2 is 1.61 bits per heavy atom. The first kappa shape index (κ1) is 17.0. The Bertz CT molecular complexity index is 801. The number of hydrogen-bond acceptors (Lipinski definition) is 3. The molecule has 0 radical (unpaired) electrons. The lowest BCUT2D eigenvalue weighted by molar-refractivity contribution is -0.137. The molecule has 1 N–H and O–H groups in total. The number of nitrogens with zero attached hydrogens (tertiary/aromatic N) is 1. The molecule has 0 fully saturated rings. The molecule has 122 valence electrons. The van der Waals surface area contributed by atoms with Crippen LogP contribution in [0, 0.1) is 12.7 Å². The monoisotopic (exact) mass is 337 g/mol. The minimum absolute atomic E-state index is 0.0273. The molecule has 1 atom stereocenters. The quantitative estimate of drug-likeness (QED) is 0.910. The van der Waals surface area contributed by atoms with Crippen LogP contribution in [0.25, 0.3) is 0 Å². The molecule has 0 aromatic heterocycles. The van der Waals surface area contributed by atoms with Crippen molar-refractivity contribution < 1.29 is 22.7 Å². The Kier molecular flexibility index (Phi) is 4.70. The maximum absolute atomic E-state index is 13.1. The van der Waals surface area contributed by atoms with Gasteiger partial charge in [0.1, 0.15) is 11.9 Å².